The lowest BCUT2D eigenvalue weighted by Crippen LogP contribution is -2.30. The molecule has 1 aromatic carbocycles. The molecule has 19 heavy (non-hydrogen) atoms. The maximum atomic E-state index is 5.48. The van der Waals surface area contributed by atoms with Crippen LogP contribution in [0.1, 0.15) is 44.2 Å². The Morgan fingerprint density at radius 2 is 2.00 bits per heavy atom. The molecule has 0 amide bonds. The number of nitrogens with one attached hydrogen (secondary N) is 1. The summed E-state index contributed by atoms with van der Waals surface area (Å²) in [5.41, 5.74) is 2.77. The number of hydrogen-bond donors (Lipinski definition) is 1. The molecular formula is C17H29NO. The van der Waals surface area contributed by atoms with Crippen molar-refractivity contribution < 1.29 is 4.74 Å². The summed E-state index contributed by atoms with van der Waals surface area (Å²) in [6.07, 6.45) is 4.56. The topological polar surface area (TPSA) is 21.3 Å². The molecule has 0 aliphatic heterocycles. The molecule has 0 aliphatic carbocycles. The highest BCUT2D eigenvalue weighted by molar-refractivity contribution is 5.22. The Balaban J connectivity index is 2.40. The normalized spacial score (nSPS) is 13.5. The summed E-state index contributed by atoms with van der Waals surface area (Å²) in [5.74, 6) is 0. The number of benzene rings is 1. The first-order valence-corrected chi connectivity index (χ1v) is 7.25. The van der Waals surface area contributed by atoms with Crippen LogP contribution in [-0.2, 0) is 11.2 Å². The summed E-state index contributed by atoms with van der Waals surface area (Å²) in [4.78, 5) is 0. The molecule has 0 bridgehead atoms. The highest BCUT2D eigenvalue weighted by Gasteiger charge is 2.18. The number of hydrogen-bond acceptors (Lipinski definition) is 2. The lowest BCUT2D eigenvalue weighted by atomic mass is 9.95. The van der Waals surface area contributed by atoms with Crippen molar-refractivity contribution in [1.29, 1.82) is 0 Å². The summed E-state index contributed by atoms with van der Waals surface area (Å²) in [6, 6.07) is 9.37. The first kappa shape index (κ1) is 16.2. The van der Waals surface area contributed by atoms with Gasteiger partial charge in [0.2, 0.25) is 0 Å². The molecule has 0 saturated carbocycles. The van der Waals surface area contributed by atoms with Crippen molar-refractivity contribution in [3.8, 4) is 0 Å². The van der Waals surface area contributed by atoms with Crippen molar-refractivity contribution in [2.45, 2.75) is 58.1 Å². The quantitative estimate of drug-likeness (QED) is 0.772. The zero-order valence-electron chi connectivity index (χ0n) is 13.1. The number of methoxy groups -OCH3 is 1. The molecule has 0 aliphatic rings. The average molecular weight is 263 g/mol. The molecule has 0 aromatic heterocycles. The van der Waals surface area contributed by atoms with Gasteiger partial charge in [0.05, 0.1) is 5.60 Å². The third kappa shape index (κ3) is 6.22. The summed E-state index contributed by atoms with van der Waals surface area (Å²) in [7, 11) is 3.85. The van der Waals surface area contributed by atoms with Gasteiger partial charge in [-0.15, -0.1) is 0 Å². The minimum atomic E-state index is -0.0154. The van der Waals surface area contributed by atoms with E-state index in [9.17, 15) is 0 Å². The first-order valence-electron chi connectivity index (χ1n) is 7.25. The molecule has 1 atom stereocenters. The second-order valence-corrected chi connectivity index (χ2v) is 6.02. The molecule has 1 rings (SSSR count). The predicted octanol–water partition coefficient (Wildman–Crippen LogP) is 3.72. The van der Waals surface area contributed by atoms with E-state index in [0.29, 0.717) is 6.04 Å². The molecule has 2 heteroatoms. The zero-order valence-corrected chi connectivity index (χ0v) is 13.1. The van der Waals surface area contributed by atoms with Crippen LogP contribution in [0, 0.1) is 6.92 Å². The number of aryl methyl sites for hydroxylation is 2. The minimum absolute atomic E-state index is 0.0154. The van der Waals surface area contributed by atoms with Crippen LogP contribution in [0.4, 0.5) is 0 Å². The monoisotopic (exact) mass is 263 g/mol. The highest BCUT2D eigenvalue weighted by atomic mass is 16.5. The van der Waals surface area contributed by atoms with Crippen molar-refractivity contribution in [2.75, 3.05) is 14.2 Å². The van der Waals surface area contributed by atoms with Gasteiger partial charge in [0.15, 0.2) is 0 Å². The van der Waals surface area contributed by atoms with Crippen molar-refractivity contribution in [3.05, 3.63) is 35.4 Å². The fraction of sp³-hybridized carbons (Fsp3) is 0.647. The van der Waals surface area contributed by atoms with Gasteiger partial charge in [0.1, 0.15) is 0 Å². The molecule has 108 valence electrons. The summed E-state index contributed by atoms with van der Waals surface area (Å²) in [5, 5.41) is 3.43. The van der Waals surface area contributed by atoms with Gasteiger partial charge in [-0.1, -0.05) is 29.8 Å². The second-order valence-electron chi connectivity index (χ2n) is 6.02. The number of rotatable bonds is 8. The SMILES string of the molecule is CNC(CCc1cccc(C)c1)CCC(C)(C)OC. The van der Waals surface area contributed by atoms with Gasteiger partial charge in [-0.25, -0.2) is 0 Å². The third-order valence-corrected chi connectivity index (χ3v) is 3.92. The van der Waals surface area contributed by atoms with E-state index in [1.165, 1.54) is 17.5 Å². The van der Waals surface area contributed by atoms with E-state index in [1.54, 1.807) is 7.11 Å². The van der Waals surface area contributed by atoms with Crippen LogP contribution >= 0.6 is 0 Å². The molecule has 2 nitrogen and oxygen atoms in total. The molecule has 0 heterocycles. The smallest absolute Gasteiger partial charge is 0.0623 e. The molecule has 1 unspecified atom stereocenters. The molecule has 0 radical (unpaired) electrons. The molecule has 1 N–H and O–H groups in total. The van der Waals surface area contributed by atoms with E-state index in [1.807, 2.05) is 0 Å². The van der Waals surface area contributed by atoms with Gasteiger partial charge in [-0.05, 0) is 59.1 Å². The van der Waals surface area contributed by atoms with E-state index in [4.69, 9.17) is 4.74 Å². The van der Waals surface area contributed by atoms with Gasteiger partial charge < -0.3 is 10.1 Å². The second kappa shape index (κ2) is 7.66. The van der Waals surface area contributed by atoms with E-state index in [2.05, 4.69) is 57.4 Å². The van der Waals surface area contributed by atoms with Gasteiger partial charge in [-0.3, -0.25) is 0 Å². The van der Waals surface area contributed by atoms with E-state index in [0.717, 1.165) is 19.3 Å². The Morgan fingerprint density at radius 3 is 2.58 bits per heavy atom. The summed E-state index contributed by atoms with van der Waals surface area (Å²) in [6.45, 7) is 6.46. The fourth-order valence-corrected chi connectivity index (χ4v) is 2.27. The van der Waals surface area contributed by atoms with E-state index < -0.39 is 0 Å². The van der Waals surface area contributed by atoms with Crippen molar-refractivity contribution in [3.63, 3.8) is 0 Å². The molecule has 0 fully saturated rings. The van der Waals surface area contributed by atoms with E-state index in [-0.39, 0.29) is 5.60 Å². The Labute approximate surface area is 118 Å². The van der Waals surface area contributed by atoms with Crippen LogP contribution in [0.3, 0.4) is 0 Å². The average Bonchev–Trinajstić information content (AvgIpc) is 2.39. The molecule has 0 saturated heterocycles. The lowest BCUT2D eigenvalue weighted by molar-refractivity contribution is 0.0117. The maximum absolute atomic E-state index is 5.48. The highest BCUT2D eigenvalue weighted by Crippen LogP contribution is 2.18. The van der Waals surface area contributed by atoms with Gasteiger partial charge >= 0.3 is 0 Å². The minimum Gasteiger partial charge on any atom is -0.379 e. The van der Waals surface area contributed by atoms with Crippen LogP contribution in [0.15, 0.2) is 24.3 Å². The van der Waals surface area contributed by atoms with Gasteiger partial charge in [0, 0.05) is 13.2 Å². The summed E-state index contributed by atoms with van der Waals surface area (Å²) < 4.78 is 5.48. The van der Waals surface area contributed by atoms with Crippen molar-refractivity contribution in [1.82, 2.24) is 5.32 Å². The Morgan fingerprint density at radius 1 is 1.26 bits per heavy atom. The van der Waals surface area contributed by atoms with Crippen LogP contribution in [0.2, 0.25) is 0 Å². The van der Waals surface area contributed by atoms with Crippen LogP contribution in [0.5, 0.6) is 0 Å². The van der Waals surface area contributed by atoms with Crippen molar-refractivity contribution in [2.24, 2.45) is 0 Å². The van der Waals surface area contributed by atoms with E-state index >= 15 is 0 Å². The maximum Gasteiger partial charge on any atom is 0.0623 e. The Hall–Kier alpha value is -0.860. The standard InChI is InChI=1S/C17H29NO/c1-14-7-6-8-15(13-14)9-10-16(18-4)11-12-17(2,3)19-5/h6-8,13,16,18H,9-12H2,1-5H3. The zero-order chi connectivity index (χ0) is 14.3. The van der Waals surface area contributed by atoms with Gasteiger partial charge in [-0.2, -0.15) is 0 Å². The Bertz CT molecular complexity index is 373. The Kier molecular flexibility index (Phi) is 6.53. The van der Waals surface area contributed by atoms with Crippen LogP contribution < -0.4 is 5.32 Å². The summed E-state index contributed by atoms with van der Waals surface area (Å²) >= 11 is 0. The molecule has 0 spiro atoms. The third-order valence-electron chi connectivity index (χ3n) is 3.92. The molecule has 1 aromatic rings. The van der Waals surface area contributed by atoms with Crippen LogP contribution in [-0.4, -0.2) is 25.8 Å². The fourth-order valence-electron chi connectivity index (χ4n) is 2.27. The lowest BCUT2D eigenvalue weighted by Gasteiger charge is -2.25. The molecular weight excluding hydrogens is 234 g/mol. The number of ether oxygens (including phenoxy) is 1. The largest absolute Gasteiger partial charge is 0.379 e. The van der Waals surface area contributed by atoms with Crippen LogP contribution in [0.25, 0.3) is 0 Å². The first-order chi connectivity index (χ1) is 8.96. The van der Waals surface area contributed by atoms with Crippen molar-refractivity contribution >= 4 is 0 Å². The predicted molar refractivity (Wildman–Crippen MR) is 82.7 cm³/mol. The van der Waals surface area contributed by atoms with Gasteiger partial charge in [0.25, 0.3) is 0 Å².